The molecule has 0 aliphatic rings. The SMILES string of the molecule is CN(C)c1ccc(C(=O)NC(C)(C)CCCl)cc1. The van der Waals surface area contributed by atoms with Crippen molar-refractivity contribution in [3.8, 4) is 0 Å². The number of nitrogens with one attached hydrogen (secondary N) is 1. The highest BCUT2D eigenvalue weighted by atomic mass is 35.5. The van der Waals surface area contributed by atoms with Crippen molar-refractivity contribution < 1.29 is 4.79 Å². The summed E-state index contributed by atoms with van der Waals surface area (Å²) in [5.74, 6) is 0.475. The Hall–Kier alpha value is -1.22. The topological polar surface area (TPSA) is 32.3 Å². The smallest absolute Gasteiger partial charge is 0.251 e. The molecule has 0 aliphatic carbocycles. The molecule has 0 bridgehead atoms. The maximum Gasteiger partial charge on any atom is 0.251 e. The Bertz CT molecular complexity index is 399. The molecule has 0 atom stereocenters. The van der Waals surface area contributed by atoms with Crippen LogP contribution in [0.15, 0.2) is 24.3 Å². The third kappa shape index (κ3) is 4.22. The van der Waals surface area contributed by atoms with E-state index < -0.39 is 0 Å². The molecule has 1 amide bonds. The van der Waals surface area contributed by atoms with Crippen LogP contribution < -0.4 is 10.2 Å². The number of anilines is 1. The minimum absolute atomic E-state index is 0.0598. The van der Waals surface area contributed by atoms with Crippen LogP contribution in [-0.2, 0) is 0 Å². The first-order chi connectivity index (χ1) is 8.35. The van der Waals surface area contributed by atoms with E-state index in [1.165, 1.54) is 0 Å². The van der Waals surface area contributed by atoms with Crippen LogP contribution in [0.5, 0.6) is 0 Å². The first-order valence-corrected chi connectivity index (χ1v) is 6.55. The van der Waals surface area contributed by atoms with E-state index in [1.807, 2.05) is 57.1 Å². The highest BCUT2D eigenvalue weighted by Crippen LogP contribution is 2.14. The van der Waals surface area contributed by atoms with Gasteiger partial charge in [-0.05, 0) is 44.5 Å². The van der Waals surface area contributed by atoms with Gasteiger partial charge < -0.3 is 10.2 Å². The van der Waals surface area contributed by atoms with Gasteiger partial charge in [0.2, 0.25) is 0 Å². The zero-order chi connectivity index (χ0) is 13.8. The first kappa shape index (κ1) is 14.8. The molecule has 0 aliphatic heterocycles. The Morgan fingerprint density at radius 3 is 2.28 bits per heavy atom. The number of carbonyl (C=O) groups excluding carboxylic acids is 1. The Kier molecular flexibility index (Phi) is 5.03. The summed E-state index contributed by atoms with van der Waals surface area (Å²) >= 11 is 5.71. The van der Waals surface area contributed by atoms with Crippen molar-refractivity contribution in [2.75, 3.05) is 24.9 Å². The summed E-state index contributed by atoms with van der Waals surface area (Å²) in [5, 5.41) is 2.99. The molecule has 0 spiro atoms. The lowest BCUT2D eigenvalue weighted by molar-refractivity contribution is 0.0911. The molecule has 0 saturated heterocycles. The molecule has 4 heteroatoms. The molecule has 100 valence electrons. The molecule has 1 aromatic carbocycles. The monoisotopic (exact) mass is 268 g/mol. The Balaban J connectivity index is 2.73. The van der Waals surface area contributed by atoms with Gasteiger partial charge in [-0.15, -0.1) is 11.6 Å². The fourth-order valence-electron chi connectivity index (χ4n) is 1.59. The van der Waals surface area contributed by atoms with Crippen LogP contribution in [0.1, 0.15) is 30.6 Å². The van der Waals surface area contributed by atoms with E-state index in [0.717, 1.165) is 12.1 Å². The van der Waals surface area contributed by atoms with Crippen molar-refractivity contribution in [3.63, 3.8) is 0 Å². The van der Waals surface area contributed by atoms with Gasteiger partial charge in [0, 0.05) is 36.8 Å². The van der Waals surface area contributed by atoms with Gasteiger partial charge >= 0.3 is 0 Å². The molecule has 1 N–H and O–H groups in total. The fraction of sp³-hybridized carbons (Fsp3) is 0.500. The number of halogens is 1. The van der Waals surface area contributed by atoms with Crippen LogP contribution >= 0.6 is 11.6 Å². The lowest BCUT2D eigenvalue weighted by Crippen LogP contribution is -2.43. The predicted octanol–water partition coefficient (Wildman–Crippen LogP) is 2.89. The van der Waals surface area contributed by atoms with Crippen molar-refractivity contribution in [1.82, 2.24) is 5.32 Å². The molecule has 0 saturated carbocycles. The lowest BCUT2D eigenvalue weighted by atomic mass is 10.0. The van der Waals surface area contributed by atoms with E-state index in [9.17, 15) is 4.79 Å². The van der Waals surface area contributed by atoms with Crippen molar-refractivity contribution in [2.24, 2.45) is 0 Å². The van der Waals surface area contributed by atoms with Gasteiger partial charge in [-0.1, -0.05) is 0 Å². The molecule has 0 fully saturated rings. The minimum atomic E-state index is -0.279. The van der Waals surface area contributed by atoms with Crippen molar-refractivity contribution in [2.45, 2.75) is 25.8 Å². The standard InChI is InChI=1S/C14H21ClN2O/c1-14(2,9-10-15)16-13(18)11-5-7-12(8-6-11)17(3)4/h5-8H,9-10H2,1-4H3,(H,16,18). The van der Waals surface area contributed by atoms with Gasteiger partial charge in [0.05, 0.1) is 0 Å². The molecule has 3 nitrogen and oxygen atoms in total. The van der Waals surface area contributed by atoms with Crippen LogP contribution in [0, 0.1) is 0 Å². The van der Waals surface area contributed by atoms with Crippen LogP contribution in [0.2, 0.25) is 0 Å². The van der Waals surface area contributed by atoms with Crippen LogP contribution in [0.25, 0.3) is 0 Å². The minimum Gasteiger partial charge on any atom is -0.378 e. The zero-order valence-electron chi connectivity index (χ0n) is 11.5. The number of nitrogens with zero attached hydrogens (tertiary/aromatic N) is 1. The van der Waals surface area contributed by atoms with Crippen LogP contribution in [-0.4, -0.2) is 31.4 Å². The molecule has 18 heavy (non-hydrogen) atoms. The molecular formula is C14H21ClN2O. The number of hydrogen-bond donors (Lipinski definition) is 1. The number of alkyl halides is 1. The molecule has 0 aromatic heterocycles. The first-order valence-electron chi connectivity index (χ1n) is 6.01. The van der Waals surface area contributed by atoms with Gasteiger partial charge in [0.25, 0.3) is 5.91 Å². The Morgan fingerprint density at radius 2 is 1.83 bits per heavy atom. The van der Waals surface area contributed by atoms with E-state index in [4.69, 9.17) is 11.6 Å². The highest BCUT2D eigenvalue weighted by molar-refractivity contribution is 6.17. The second kappa shape index (κ2) is 6.10. The molecule has 0 unspecified atom stereocenters. The second-order valence-electron chi connectivity index (χ2n) is 5.22. The lowest BCUT2D eigenvalue weighted by Gasteiger charge is -2.25. The van der Waals surface area contributed by atoms with Crippen LogP contribution in [0.3, 0.4) is 0 Å². The van der Waals surface area contributed by atoms with Crippen molar-refractivity contribution in [1.29, 1.82) is 0 Å². The molecule has 0 heterocycles. The average Bonchev–Trinajstić information content (AvgIpc) is 2.28. The molecule has 0 radical (unpaired) electrons. The second-order valence-corrected chi connectivity index (χ2v) is 5.60. The molecular weight excluding hydrogens is 248 g/mol. The highest BCUT2D eigenvalue weighted by Gasteiger charge is 2.20. The quantitative estimate of drug-likeness (QED) is 0.833. The van der Waals surface area contributed by atoms with E-state index in [1.54, 1.807) is 0 Å². The van der Waals surface area contributed by atoms with Gasteiger partial charge in [-0.25, -0.2) is 0 Å². The van der Waals surface area contributed by atoms with E-state index >= 15 is 0 Å². The predicted molar refractivity (Wildman–Crippen MR) is 77.7 cm³/mol. The zero-order valence-corrected chi connectivity index (χ0v) is 12.2. The average molecular weight is 269 g/mol. The van der Waals surface area contributed by atoms with Gasteiger partial charge in [-0.3, -0.25) is 4.79 Å². The fourth-order valence-corrected chi connectivity index (χ4v) is 2.06. The van der Waals surface area contributed by atoms with E-state index in [0.29, 0.717) is 11.4 Å². The number of rotatable bonds is 5. The summed E-state index contributed by atoms with van der Waals surface area (Å²) in [5.41, 5.74) is 1.47. The third-order valence-corrected chi connectivity index (χ3v) is 3.01. The Labute approximate surface area is 114 Å². The Morgan fingerprint density at radius 1 is 1.28 bits per heavy atom. The number of amides is 1. The maximum absolute atomic E-state index is 12.0. The normalized spacial score (nSPS) is 11.2. The number of carbonyl (C=O) groups is 1. The number of hydrogen-bond acceptors (Lipinski definition) is 2. The van der Waals surface area contributed by atoms with Crippen molar-refractivity contribution >= 4 is 23.2 Å². The van der Waals surface area contributed by atoms with Gasteiger partial charge in [0.1, 0.15) is 0 Å². The van der Waals surface area contributed by atoms with E-state index in [-0.39, 0.29) is 11.4 Å². The van der Waals surface area contributed by atoms with E-state index in [2.05, 4.69) is 5.32 Å². The summed E-state index contributed by atoms with van der Waals surface area (Å²) < 4.78 is 0. The van der Waals surface area contributed by atoms with Crippen molar-refractivity contribution in [3.05, 3.63) is 29.8 Å². The third-order valence-electron chi connectivity index (χ3n) is 2.82. The summed E-state index contributed by atoms with van der Waals surface area (Å²) in [6, 6.07) is 7.54. The molecule has 1 aromatic rings. The summed E-state index contributed by atoms with van der Waals surface area (Å²) in [4.78, 5) is 14.0. The summed E-state index contributed by atoms with van der Waals surface area (Å²) in [6.45, 7) is 3.95. The number of benzene rings is 1. The molecule has 1 rings (SSSR count). The van der Waals surface area contributed by atoms with Crippen LogP contribution in [0.4, 0.5) is 5.69 Å². The maximum atomic E-state index is 12.0. The summed E-state index contributed by atoms with van der Waals surface area (Å²) in [7, 11) is 3.94. The largest absolute Gasteiger partial charge is 0.378 e. The summed E-state index contributed by atoms with van der Waals surface area (Å²) in [6.07, 6.45) is 0.746. The van der Waals surface area contributed by atoms with Gasteiger partial charge in [0.15, 0.2) is 0 Å². The van der Waals surface area contributed by atoms with Gasteiger partial charge in [-0.2, -0.15) is 0 Å².